The Balaban J connectivity index is 1.66. The van der Waals surface area contributed by atoms with Crippen molar-refractivity contribution in [2.45, 2.75) is 32.4 Å². The molecule has 174 valence electrons. The van der Waals surface area contributed by atoms with Crippen molar-refractivity contribution in [3.05, 3.63) is 84.3 Å². The molecule has 0 spiro atoms. The minimum absolute atomic E-state index is 0.398. The van der Waals surface area contributed by atoms with E-state index < -0.39 is 0 Å². The Morgan fingerprint density at radius 2 is 1.91 bits per heavy atom. The Bertz CT molecular complexity index is 1320. The van der Waals surface area contributed by atoms with Crippen LogP contribution in [-0.4, -0.2) is 32.8 Å². The van der Waals surface area contributed by atoms with Crippen LogP contribution >= 0.6 is 12.2 Å². The summed E-state index contributed by atoms with van der Waals surface area (Å²) in [6, 6.07) is 18.0. The minimum Gasteiger partial charge on any atom is -0.497 e. The van der Waals surface area contributed by atoms with Crippen molar-refractivity contribution in [1.82, 2.24) is 19.5 Å². The largest absolute Gasteiger partial charge is 0.497 e. The zero-order valence-electron chi connectivity index (χ0n) is 19.3. The first kappa shape index (κ1) is 22.2. The highest BCUT2D eigenvalue weighted by Crippen LogP contribution is 2.37. The summed E-state index contributed by atoms with van der Waals surface area (Å²) in [5.74, 6) is 2.56. The molecule has 2 aromatic carbocycles. The molecule has 1 N–H and O–H groups in total. The Morgan fingerprint density at radius 1 is 1.12 bits per heavy atom. The van der Waals surface area contributed by atoms with Gasteiger partial charge in [-0.05, 0) is 49.1 Å². The van der Waals surface area contributed by atoms with E-state index in [1.807, 2.05) is 53.1 Å². The van der Waals surface area contributed by atoms with Crippen LogP contribution in [0, 0.1) is 0 Å². The number of ether oxygens (including phenoxy) is 2. The SMILES string of the molecule is C=CCNC(=S)c1c(-c2ccc(OC)cc2)c2c3n(c(COc4ccccc4)nn13)CCCC2. The molecule has 6 nitrogen and oxygen atoms in total. The number of hydrogen-bond acceptors (Lipinski definition) is 4. The third-order valence-corrected chi connectivity index (χ3v) is 6.51. The molecule has 0 radical (unpaired) electrons. The van der Waals surface area contributed by atoms with Gasteiger partial charge in [0, 0.05) is 24.2 Å². The van der Waals surface area contributed by atoms with Crippen LogP contribution in [0.3, 0.4) is 0 Å². The maximum atomic E-state index is 6.07. The topological polar surface area (TPSA) is 52.7 Å². The van der Waals surface area contributed by atoms with E-state index in [-0.39, 0.29) is 0 Å². The molecule has 34 heavy (non-hydrogen) atoms. The van der Waals surface area contributed by atoms with E-state index in [1.54, 1.807) is 7.11 Å². The number of rotatable bonds is 8. The normalized spacial score (nSPS) is 12.9. The van der Waals surface area contributed by atoms with Crippen molar-refractivity contribution in [3.8, 4) is 22.6 Å². The highest BCUT2D eigenvalue weighted by atomic mass is 32.1. The molecular weight excluding hydrogens is 444 g/mol. The molecule has 3 heterocycles. The molecule has 0 aliphatic carbocycles. The highest BCUT2D eigenvalue weighted by Gasteiger charge is 2.29. The molecule has 0 amide bonds. The first-order valence-corrected chi connectivity index (χ1v) is 12.0. The zero-order chi connectivity index (χ0) is 23.5. The van der Waals surface area contributed by atoms with Gasteiger partial charge in [-0.2, -0.15) is 0 Å². The van der Waals surface area contributed by atoms with Gasteiger partial charge in [0.25, 0.3) is 0 Å². The molecule has 0 saturated carbocycles. The first-order chi connectivity index (χ1) is 16.7. The number of hydrogen-bond donors (Lipinski definition) is 1. The number of nitrogens with one attached hydrogen (secondary N) is 1. The molecule has 7 heteroatoms. The predicted octanol–water partition coefficient (Wildman–Crippen LogP) is 5.18. The van der Waals surface area contributed by atoms with Gasteiger partial charge >= 0.3 is 0 Å². The van der Waals surface area contributed by atoms with Crippen molar-refractivity contribution >= 4 is 22.9 Å². The van der Waals surface area contributed by atoms with Crippen LogP contribution < -0.4 is 14.8 Å². The number of para-hydroxylation sites is 1. The second-order valence-corrected chi connectivity index (χ2v) is 8.70. The Morgan fingerprint density at radius 3 is 2.65 bits per heavy atom. The number of benzene rings is 2. The third-order valence-electron chi connectivity index (χ3n) is 6.17. The summed E-state index contributed by atoms with van der Waals surface area (Å²) >= 11 is 5.87. The van der Waals surface area contributed by atoms with Crippen molar-refractivity contribution in [2.24, 2.45) is 0 Å². The maximum Gasteiger partial charge on any atom is 0.169 e. The lowest BCUT2D eigenvalue weighted by atomic mass is 9.98. The lowest BCUT2D eigenvalue weighted by molar-refractivity contribution is 0.288. The van der Waals surface area contributed by atoms with E-state index in [4.69, 9.17) is 26.8 Å². The van der Waals surface area contributed by atoms with Gasteiger partial charge < -0.3 is 19.4 Å². The summed E-state index contributed by atoms with van der Waals surface area (Å²) in [4.78, 5) is 0.660. The summed E-state index contributed by atoms with van der Waals surface area (Å²) < 4.78 is 15.8. The standard InChI is InChI=1S/C27H28N4O2S/c1-3-16-28-26(34)25-24(19-12-14-20(32-2)15-13-19)22-11-7-8-17-30-23(29-31(25)27(22)30)18-33-21-9-5-4-6-10-21/h3-6,9-10,12-15H,1,7-8,11,16-18H2,2H3,(H,28,34). The number of aromatic nitrogens is 3. The van der Waals surface area contributed by atoms with E-state index in [1.165, 1.54) is 5.56 Å². The van der Waals surface area contributed by atoms with Gasteiger partial charge in [0.05, 0.1) is 7.11 Å². The highest BCUT2D eigenvalue weighted by molar-refractivity contribution is 7.80. The van der Waals surface area contributed by atoms with Gasteiger partial charge in [-0.15, -0.1) is 11.7 Å². The monoisotopic (exact) mass is 472 g/mol. The van der Waals surface area contributed by atoms with Gasteiger partial charge in [0.1, 0.15) is 34.4 Å². The maximum absolute atomic E-state index is 6.07. The second-order valence-electron chi connectivity index (χ2n) is 8.29. The quantitative estimate of drug-likeness (QED) is 0.283. The van der Waals surface area contributed by atoms with Crippen LogP contribution in [0.1, 0.15) is 29.9 Å². The second kappa shape index (κ2) is 9.73. The average molecular weight is 473 g/mol. The van der Waals surface area contributed by atoms with E-state index in [9.17, 15) is 0 Å². The molecule has 0 bridgehead atoms. The summed E-state index contributed by atoms with van der Waals surface area (Å²) in [5, 5.41) is 8.35. The van der Waals surface area contributed by atoms with Crippen LogP contribution in [0.5, 0.6) is 11.5 Å². The van der Waals surface area contributed by atoms with Crippen LogP contribution in [-0.2, 0) is 19.6 Å². The molecule has 0 saturated heterocycles. The summed E-state index contributed by atoms with van der Waals surface area (Å²) in [6.45, 7) is 5.72. The van der Waals surface area contributed by atoms with Crippen LogP contribution in [0.4, 0.5) is 0 Å². The average Bonchev–Trinajstić information content (AvgIpc) is 3.28. The summed E-state index contributed by atoms with van der Waals surface area (Å²) in [6.07, 6.45) is 4.98. The minimum atomic E-state index is 0.398. The van der Waals surface area contributed by atoms with Crippen molar-refractivity contribution in [2.75, 3.05) is 13.7 Å². The van der Waals surface area contributed by atoms with Crippen LogP contribution in [0.15, 0.2) is 67.3 Å². The fraction of sp³-hybridized carbons (Fsp3) is 0.259. The van der Waals surface area contributed by atoms with E-state index in [0.717, 1.165) is 65.6 Å². The zero-order valence-corrected chi connectivity index (χ0v) is 20.1. The molecular formula is C27H28N4O2S. The van der Waals surface area contributed by atoms with Gasteiger partial charge in [-0.1, -0.05) is 48.6 Å². The summed E-state index contributed by atoms with van der Waals surface area (Å²) in [5.41, 5.74) is 5.53. The number of aryl methyl sites for hydroxylation is 2. The van der Waals surface area contributed by atoms with E-state index in [2.05, 4.69) is 28.6 Å². The van der Waals surface area contributed by atoms with Gasteiger partial charge in [-0.25, -0.2) is 4.52 Å². The third kappa shape index (κ3) is 4.07. The lowest BCUT2D eigenvalue weighted by Crippen LogP contribution is -2.24. The number of thiocarbonyl (C=S) groups is 1. The first-order valence-electron chi connectivity index (χ1n) is 11.6. The molecule has 5 rings (SSSR count). The molecule has 1 aliphatic rings. The Hall–Kier alpha value is -3.58. The lowest BCUT2D eigenvalue weighted by Gasteiger charge is -2.11. The molecule has 4 aromatic rings. The molecule has 0 fully saturated rings. The Kier molecular flexibility index (Phi) is 6.36. The smallest absolute Gasteiger partial charge is 0.169 e. The molecule has 1 aliphatic heterocycles. The molecule has 2 aromatic heterocycles. The van der Waals surface area contributed by atoms with Gasteiger partial charge in [0.15, 0.2) is 5.82 Å². The number of methoxy groups -OCH3 is 1. The van der Waals surface area contributed by atoms with Crippen LogP contribution in [0.25, 0.3) is 16.8 Å². The van der Waals surface area contributed by atoms with Crippen molar-refractivity contribution in [3.63, 3.8) is 0 Å². The molecule has 0 atom stereocenters. The van der Waals surface area contributed by atoms with Crippen molar-refractivity contribution in [1.29, 1.82) is 0 Å². The predicted molar refractivity (Wildman–Crippen MR) is 139 cm³/mol. The van der Waals surface area contributed by atoms with Crippen LogP contribution in [0.2, 0.25) is 0 Å². The van der Waals surface area contributed by atoms with Crippen molar-refractivity contribution < 1.29 is 9.47 Å². The molecule has 0 unspecified atom stereocenters. The van der Waals surface area contributed by atoms with Gasteiger partial charge in [0.2, 0.25) is 0 Å². The van der Waals surface area contributed by atoms with E-state index in [0.29, 0.717) is 18.1 Å². The fourth-order valence-electron chi connectivity index (χ4n) is 4.60. The Labute approximate surface area is 204 Å². The summed E-state index contributed by atoms with van der Waals surface area (Å²) in [7, 11) is 1.68. The fourth-order valence-corrected chi connectivity index (χ4v) is 4.87. The van der Waals surface area contributed by atoms with E-state index >= 15 is 0 Å². The van der Waals surface area contributed by atoms with Gasteiger partial charge in [-0.3, -0.25) is 0 Å². The number of nitrogens with zero attached hydrogens (tertiary/aromatic N) is 3.